The van der Waals surface area contributed by atoms with Gasteiger partial charge in [-0.25, -0.2) is 9.59 Å². The summed E-state index contributed by atoms with van der Waals surface area (Å²) in [5.74, 6) is -0.267. The Kier molecular flexibility index (Phi) is 9.24. The van der Waals surface area contributed by atoms with Gasteiger partial charge in [-0.15, -0.1) is 0 Å². The standard InChI is InChI=1S/C16H21Br2NO4/c1-11(2)8-13(15(20)23-14(18)9-17)19-16(21)22-10-12-6-4-3-5-7-12/h3-7,11,13-14H,8-10H2,1-2H3,(H,19,21)/t13-,14?/m0/s1. The number of carbonyl (C=O) groups is 2. The van der Waals surface area contributed by atoms with Crippen LogP contribution in [-0.4, -0.2) is 28.4 Å². The lowest BCUT2D eigenvalue weighted by atomic mass is 10.0. The van der Waals surface area contributed by atoms with Crippen molar-refractivity contribution >= 4 is 43.9 Å². The van der Waals surface area contributed by atoms with Crippen LogP contribution in [0.3, 0.4) is 0 Å². The highest BCUT2D eigenvalue weighted by atomic mass is 79.9. The Hall–Kier alpha value is -1.08. The Balaban J connectivity index is 2.54. The van der Waals surface area contributed by atoms with Crippen molar-refractivity contribution < 1.29 is 19.1 Å². The Morgan fingerprint density at radius 2 is 1.87 bits per heavy atom. The predicted molar refractivity (Wildman–Crippen MR) is 95.6 cm³/mol. The molecule has 1 N–H and O–H groups in total. The highest BCUT2D eigenvalue weighted by molar-refractivity contribution is 9.12. The maximum Gasteiger partial charge on any atom is 0.408 e. The molecule has 1 aromatic carbocycles. The molecule has 1 aromatic rings. The molecule has 23 heavy (non-hydrogen) atoms. The number of carbonyl (C=O) groups excluding carboxylic acids is 2. The molecule has 0 heterocycles. The summed E-state index contributed by atoms with van der Waals surface area (Å²) in [4.78, 5) is 24.0. The average molecular weight is 451 g/mol. The number of alkyl carbamates (subject to hydrolysis) is 1. The van der Waals surface area contributed by atoms with Crippen molar-refractivity contribution in [1.29, 1.82) is 0 Å². The smallest absolute Gasteiger partial charge is 0.408 e. The van der Waals surface area contributed by atoms with Crippen molar-refractivity contribution in [2.75, 3.05) is 5.33 Å². The number of benzene rings is 1. The van der Waals surface area contributed by atoms with Crippen LogP contribution >= 0.6 is 31.9 Å². The van der Waals surface area contributed by atoms with Crippen LogP contribution in [0.1, 0.15) is 25.8 Å². The Labute approximate surface area is 153 Å². The molecule has 0 aromatic heterocycles. The highest BCUT2D eigenvalue weighted by Crippen LogP contribution is 2.12. The number of amides is 1. The van der Waals surface area contributed by atoms with Crippen LogP contribution in [0.4, 0.5) is 4.79 Å². The molecule has 0 fully saturated rings. The first kappa shape index (κ1) is 20.0. The van der Waals surface area contributed by atoms with Crippen LogP contribution in [0.5, 0.6) is 0 Å². The zero-order valence-corrected chi connectivity index (χ0v) is 16.3. The van der Waals surface area contributed by atoms with Crippen LogP contribution in [-0.2, 0) is 20.9 Å². The Bertz CT molecular complexity index is 496. The summed E-state index contributed by atoms with van der Waals surface area (Å²) in [6.07, 6.45) is -0.164. The first-order valence-corrected chi connectivity index (χ1v) is 9.33. The molecule has 0 spiro atoms. The van der Waals surface area contributed by atoms with Crippen LogP contribution in [0.25, 0.3) is 0 Å². The van der Waals surface area contributed by atoms with Crippen molar-refractivity contribution in [2.45, 2.75) is 37.9 Å². The molecule has 1 unspecified atom stereocenters. The van der Waals surface area contributed by atoms with Crippen molar-refractivity contribution in [3.8, 4) is 0 Å². The summed E-state index contributed by atoms with van der Waals surface area (Å²) >= 11 is 6.41. The van der Waals surface area contributed by atoms with E-state index < -0.39 is 23.1 Å². The van der Waals surface area contributed by atoms with E-state index in [1.807, 2.05) is 44.2 Å². The van der Waals surface area contributed by atoms with Crippen LogP contribution < -0.4 is 5.32 Å². The number of halogens is 2. The molecule has 1 rings (SSSR count). The van der Waals surface area contributed by atoms with E-state index in [4.69, 9.17) is 9.47 Å². The van der Waals surface area contributed by atoms with Gasteiger partial charge in [0.05, 0.1) is 5.33 Å². The number of alkyl halides is 2. The Morgan fingerprint density at radius 3 is 2.43 bits per heavy atom. The Morgan fingerprint density at radius 1 is 1.22 bits per heavy atom. The molecule has 2 atom stereocenters. The van der Waals surface area contributed by atoms with Gasteiger partial charge in [0.2, 0.25) is 0 Å². The molecule has 0 radical (unpaired) electrons. The third-order valence-corrected chi connectivity index (χ3v) is 4.83. The fourth-order valence-corrected chi connectivity index (χ4v) is 2.15. The molecular formula is C16H21Br2NO4. The van der Waals surface area contributed by atoms with Crippen molar-refractivity contribution in [1.82, 2.24) is 5.32 Å². The van der Waals surface area contributed by atoms with E-state index in [2.05, 4.69) is 37.2 Å². The van der Waals surface area contributed by atoms with Gasteiger partial charge < -0.3 is 14.8 Å². The van der Waals surface area contributed by atoms with Gasteiger partial charge in [0.15, 0.2) is 5.01 Å². The van der Waals surface area contributed by atoms with Crippen LogP contribution in [0.2, 0.25) is 0 Å². The van der Waals surface area contributed by atoms with E-state index in [1.165, 1.54) is 0 Å². The lowest BCUT2D eigenvalue weighted by molar-refractivity contribution is -0.147. The van der Waals surface area contributed by atoms with Gasteiger partial charge in [0.1, 0.15) is 12.6 Å². The number of nitrogens with one attached hydrogen (secondary N) is 1. The first-order chi connectivity index (χ1) is 10.9. The zero-order valence-electron chi connectivity index (χ0n) is 13.1. The molecule has 0 aliphatic rings. The number of hydrogen-bond acceptors (Lipinski definition) is 4. The number of hydrogen-bond donors (Lipinski definition) is 1. The van der Waals surface area contributed by atoms with E-state index in [0.29, 0.717) is 11.8 Å². The van der Waals surface area contributed by atoms with Gasteiger partial charge in [-0.2, -0.15) is 0 Å². The quantitative estimate of drug-likeness (QED) is 0.480. The maximum atomic E-state index is 12.1. The lowest BCUT2D eigenvalue weighted by Crippen LogP contribution is -2.43. The van der Waals surface area contributed by atoms with Gasteiger partial charge in [0, 0.05) is 0 Å². The molecule has 0 saturated carbocycles. The fraction of sp³-hybridized carbons (Fsp3) is 0.500. The molecule has 128 valence electrons. The second kappa shape index (κ2) is 10.6. The molecule has 0 bridgehead atoms. The van der Waals surface area contributed by atoms with Gasteiger partial charge in [-0.3, -0.25) is 0 Å². The molecular weight excluding hydrogens is 430 g/mol. The largest absolute Gasteiger partial charge is 0.448 e. The normalized spacial score (nSPS) is 13.3. The van der Waals surface area contributed by atoms with Crippen LogP contribution in [0, 0.1) is 5.92 Å². The summed E-state index contributed by atoms with van der Waals surface area (Å²) in [7, 11) is 0. The topological polar surface area (TPSA) is 64.6 Å². The predicted octanol–water partition coefficient (Wildman–Crippen LogP) is 3.99. The summed E-state index contributed by atoms with van der Waals surface area (Å²) in [6, 6.07) is 8.60. The van der Waals surface area contributed by atoms with Gasteiger partial charge >= 0.3 is 12.1 Å². The van der Waals surface area contributed by atoms with Crippen LogP contribution in [0.15, 0.2) is 30.3 Å². The third kappa shape index (κ3) is 8.37. The number of rotatable bonds is 8. The summed E-state index contributed by atoms with van der Waals surface area (Å²) in [5, 5.41) is 2.60. The van der Waals surface area contributed by atoms with Crippen molar-refractivity contribution in [3.63, 3.8) is 0 Å². The molecule has 1 amide bonds. The lowest BCUT2D eigenvalue weighted by Gasteiger charge is -2.20. The molecule has 7 heteroatoms. The van der Waals surface area contributed by atoms with E-state index >= 15 is 0 Å². The SMILES string of the molecule is CC(C)C[C@H](NC(=O)OCc1ccccc1)C(=O)OC(Br)CBr. The highest BCUT2D eigenvalue weighted by Gasteiger charge is 2.25. The summed E-state index contributed by atoms with van der Waals surface area (Å²) in [5.41, 5.74) is 0.880. The maximum absolute atomic E-state index is 12.1. The fourth-order valence-electron chi connectivity index (χ4n) is 1.83. The van der Waals surface area contributed by atoms with Crippen molar-refractivity contribution in [2.24, 2.45) is 5.92 Å². The zero-order chi connectivity index (χ0) is 17.2. The van der Waals surface area contributed by atoms with Gasteiger partial charge in [-0.1, -0.05) is 60.1 Å². The minimum absolute atomic E-state index is 0.151. The summed E-state index contributed by atoms with van der Waals surface area (Å²) in [6.45, 7) is 4.08. The van der Waals surface area contributed by atoms with E-state index in [-0.39, 0.29) is 12.5 Å². The summed E-state index contributed by atoms with van der Waals surface area (Å²) < 4.78 is 10.3. The van der Waals surface area contributed by atoms with Crippen molar-refractivity contribution in [3.05, 3.63) is 35.9 Å². The third-order valence-electron chi connectivity index (χ3n) is 2.86. The molecule has 5 nitrogen and oxygen atoms in total. The van der Waals surface area contributed by atoms with E-state index in [1.54, 1.807) is 0 Å². The molecule has 0 aliphatic carbocycles. The first-order valence-electron chi connectivity index (χ1n) is 7.30. The second-order valence-electron chi connectivity index (χ2n) is 5.39. The van der Waals surface area contributed by atoms with Gasteiger partial charge in [0.25, 0.3) is 0 Å². The minimum atomic E-state index is -0.739. The second-order valence-corrected chi connectivity index (χ2v) is 7.06. The number of esters is 1. The average Bonchev–Trinajstić information content (AvgIpc) is 2.52. The monoisotopic (exact) mass is 449 g/mol. The molecule has 0 saturated heterocycles. The van der Waals surface area contributed by atoms with E-state index in [9.17, 15) is 9.59 Å². The van der Waals surface area contributed by atoms with E-state index in [0.717, 1.165) is 5.56 Å². The minimum Gasteiger partial charge on any atom is -0.448 e. The van der Waals surface area contributed by atoms with Gasteiger partial charge in [-0.05, 0) is 33.8 Å². The molecule has 0 aliphatic heterocycles. The number of ether oxygens (including phenoxy) is 2.